The van der Waals surface area contributed by atoms with Gasteiger partial charge in [0.1, 0.15) is 0 Å². The Kier molecular flexibility index (Phi) is 4.36. The highest BCUT2D eigenvalue weighted by Crippen LogP contribution is 2.28. The van der Waals surface area contributed by atoms with Gasteiger partial charge in [-0.05, 0) is 26.0 Å². The van der Waals surface area contributed by atoms with Gasteiger partial charge in [-0.15, -0.1) is 0 Å². The van der Waals surface area contributed by atoms with Crippen LogP contribution in [0.15, 0.2) is 18.3 Å². The number of aryl methyl sites for hydroxylation is 2. The van der Waals surface area contributed by atoms with Gasteiger partial charge in [-0.25, -0.2) is 0 Å². The molecule has 0 aliphatic heterocycles. The molecule has 0 aliphatic rings. The van der Waals surface area contributed by atoms with Crippen molar-refractivity contribution in [1.82, 2.24) is 24.9 Å². The predicted molar refractivity (Wildman–Crippen MR) is 71.4 cm³/mol. The van der Waals surface area contributed by atoms with Gasteiger partial charge in [0, 0.05) is 32.4 Å². The van der Waals surface area contributed by atoms with Crippen molar-refractivity contribution in [3.63, 3.8) is 0 Å². The topological polar surface area (TPSA) is 47.7 Å². The number of halogens is 3. The zero-order chi connectivity index (χ0) is 15.6. The van der Waals surface area contributed by atoms with Gasteiger partial charge >= 0.3 is 6.18 Å². The molecule has 0 amide bonds. The van der Waals surface area contributed by atoms with E-state index in [4.69, 9.17) is 0 Å². The van der Waals surface area contributed by atoms with Crippen LogP contribution in [-0.2, 0) is 26.3 Å². The average molecular weight is 301 g/mol. The molecule has 0 aromatic carbocycles. The summed E-state index contributed by atoms with van der Waals surface area (Å²) in [5, 5.41) is 10.9. The molecule has 2 rings (SSSR count). The van der Waals surface area contributed by atoms with Crippen LogP contribution in [0, 0.1) is 0 Å². The van der Waals surface area contributed by atoms with Gasteiger partial charge in [0.05, 0.1) is 11.4 Å². The maximum Gasteiger partial charge on any atom is 0.435 e. The van der Waals surface area contributed by atoms with Crippen LogP contribution in [0.4, 0.5) is 13.2 Å². The molecule has 1 N–H and O–H groups in total. The molecule has 2 aromatic heterocycles. The molecule has 0 radical (unpaired) electrons. The van der Waals surface area contributed by atoms with Crippen molar-refractivity contribution in [2.45, 2.75) is 39.2 Å². The molecule has 5 nitrogen and oxygen atoms in total. The second kappa shape index (κ2) is 5.88. The molecule has 21 heavy (non-hydrogen) atoms. The number of hydrogen-bond donors (Lipinski definition) is 1. The smallest absolute Gasteiger partial charge is 0.303 e. The second-order valence-corrected chi connectivity index (χ2v) is 4.82. The predicted octanol–water partition coefficient (Wildman–Crippen LogP) is 2.51. The lowest BCUT2D eigenvalue weighted by atomic mass is 10.2. The lowest BCUT2D eigenvalue weighted by Gasteiger charge is -2.15. The van der Waals surface area contributed by atoms with Crippen LogP contribution in [0.3, 0.4) is 0 Å². The number of rotatable bonds is 5. The van der Waals surface area contributed by atoms with Crippen LogP contribution in [-0.4, -0.2) is 19.6 Å². The molecule has 0 fully saturated rings. The van der Waals surface area contributed by atoms with Crippen molar-refractivity contribution in [2.24, 2.45) is 7.05 Å². The van der Waals surface area contributed by atoms with Crippen molar-refractivity contribution >= 4 is 0 Å². The third-order valence-corrected chi connectivity index (χ3v) is 3.35. The molecule has 2 aromatic rings. The Hall–Kier alpha value is -1.83. The van der Waals surface area contributed by atoms with Gasteiger partial charge in [-0.2, -0.15) is 23.4 Å². The Morgan fingerprint density at radius 1 is 1.38 bits per heavy atom. The van der Waals surface area contributed by atoms with E-state index in [0.717, 1.165) is 18.3 Å². The maximum absolute atomic E-state index is 12.6. The van der Waals surface area contributed by atoms with E-state index in [-0.39, 0.29) is 6.04 Å². The zero-order valence-electron chi connectivity index (χ0n) is 12.1. The molecule has 0 spiro atoms. The summed E-state index contributed by atoms with van der Waals surface area (Å²) in [6.45, 7) is 4.98. The summed E-state index contributed by atoms with van der Waals surface area (Å²) in [5.41, 5.74) is 0.612. The summed E-state index contributed by atoms with van der Waals surface area (Å²) in [6.07, 6.45) is -2.70. The fraction of sp³-hybridized carbons (Fsp3) is 0.538. The summed E-state index contributed by atoms with van der Waals surface area (Å²) in [7, 11) is 1.51. The first kappa shape index (κ1) is 15.6. The Morgan fingerprint density at radius 2 is 2.10 bits per heavy atom. The first-order valence-electron chi connectivity index (χ1n) is 6.68. The van der Waals surface area contributed by atoms with Gasteiger partial charge in [0.15, 0.2) is 5.69 Å². The summed E-state index contributed by atoms with van der Waals surface area (Å²) in [5.74, 6) is 0. The van der Waals surface area contributed by atoms with E-state index in [1.54, 1.807) is 6.20 Å². The minimum Gasteiger partial charge on any atom is -0.303 e. The molecule has 2 heterocycles. The van der Waals surface area contributed by atoms with Crippen molar-refractivity contribution in [1.29, 1.82) is 0 Å². The van der Waals surface area contributed by atoms with Gasteiger partial charge in [0.25, 0.3) is 0 Å². The Bertz CT molecular complexity index is 599. The Balaban J connectivity index is 2.05. The fourth-order valence-electron chi connectivity index (χ4n) is 2.15. The molecule has 0 aliphatic carbocycles. The van der Waals surface area contributed by atoms with Gasteiger partial charge < -0.3 is 5.32 Å². The van der Waals surface area contributed by atoms with Gasteiger partial charge in [-0.3, -0.25) is 9.36 Å². The second-order valence-electron chi connectivity index (χ2n) is 4.82. The number of hydrogen-bond acceptors (Lipinski definition) is 3. The van der Waals surface area contributed by atoms with E-state index in [1.807, 2.05) is 24.6 Å². The first-order valence-corrected chi connectivity index (χ1v) is 6.68. The molecule has 8 heteroatoms. The highest BCUT2D eigenvalue weighted by atomic mass is 19.4. The van der Waals surface area contributed by atoms with E-state index in [2.05, 4.69) is 15.5 Å². The number of nitrogens with zero attached hydrogens (tertiary/aromatic N) is 4. The van der Waals surface area contributed by atoms with Gasteiger partial charge in [0.2, 0.25) is 0 Å². The van der Waals surface area contributed by atoms with E-state index >= 15 is 0 Å². The van der Waals surface area contributed by atoms with Gasteiger partial charge in [-0.1, -0.05) is 0 Å². The lowest BCUT2D eigenvalue weighted by molar-refractivity contribution is -0.141. The van der Waals surface area contributed by atoms with Crippen LogP contribution in [0.2, 0.25) is 0 Å². The first-order chi connectivity index (χ1) is 9.82. The van der Waals surface area contributed by atoms with Crippen LogP contribution in [0.1, 0.15) is 37.0 Å². The zero-order valence-corrected chi connectivity index (χ0v) is 12.1. The van der Waals surface area contributed by atoms with Crippen LogP contribution < -0.4 is 5.32 Å². The van der Waals surface area contributed by atoms with Crippen LogP contribution in [0.5, 0.6) is 0 Å². The van der Waals surface area contributed by atoms with Crippen molar-refractivity contribution in [3.8, 4) is 0 Å². The monoisotopic (exact) mass is 301 g/mol. The Labute approximate surface area is 120 Å². The summed E-state index contributed by atoms with van der Waals surface area (Å²) in [6, 6.07) is 2.94. The highest BCUT2D eigenvalue weighted by Gasteiger charge is 2.34. The number of nitrogens with one attached hydrogen (secondary N) is 1. The maximum atomic E-state index is 12.6. The van der Waals surface area contributed by atoms with Crippen molar-refractivity contribution < 1.29 is 13.2 Å². The van der Waals surface area contributed by atoms with Crippen molar-refractivity contribution in [2.75, 3.05) is 0 Å². The van der Waals surface area contributed by atoms with E-state index in [0.29, 0.717) is 12.2 Å². The number of aromatic nitrogens is 4. The molecule has 0 bridgehead atoms. The minimum absolute atomic E-state index is 0.0170. The lowest BCUT2D eigenvalue weighted by Crippen LogP contribution is -2.22. The molecule has 1 unspecified atom stereocenters. The SMILES string of the molecule is CCn1nccc1C(C)NCc1cc(C(F)(F)F)nn1C. The largest absolute Gasteiger partial charge is 0.435 e. The average Bonchev–Trinajstić information content (AvgIpc) is 3.01. The summed E-state index contributed by atoms with van der Waals surface area (Å²) < 4.78 is 40.9. The Morgan fingerprint density at radius 3 is 2.67 bits per heavy atom. The molecule has 116 valence electrons. The van der Waals surface area contributed by atoms with E-state index in [1.165, 1.54) is 11.7 Å². The standard InChI is InChI=1S/C13H18F3N5/c1-4-21-11(5-6-18-21)9(2)17-8-10-7-12(13(14,15)16)19-20(10)3/h5-7,9,17H,4,8H2,1-3H3. The van der Waals surface area contributed by atoms with E-state index in [9.17, 15) is 13.2 Å². The molecular weight excluding hydrogens is 283 g/mol. The van der Waals surface area contributed by atoms with Crippen molar-refractivity contribution in [3.05, 3.63) is 35.4 Å². The third-order valence-electron chi connectivity index (χ3n) is 3.35. The summed E-state index contributed by atoms with van der Waals surface area (Å²) in [4.78, 5) is 0. The normalized spacial score (nSPS) is 13.6. The molecular formula is C13H18F3N5. The van der Waals surface area contributed by atoms with Crippen LogP contribution in [0.25, 0.3) is 0 Å². The molecule has 0 saturated heterocycles. The number of alkyl halides is 3. The molecule has 1 atom stereocenters. The third kappa shape index (κ3) is 3.44. The quantitative estimate of drug-likeness (QED) is 0.923. The van der Waals surface area contributed by atoms with Crippen LogP contribution >= 0.6 is 0 Å². The minimum atomic E-state index is -4.41. The molecule has 0 saturated carbocycles. The fourth-order valence-corrected chi connectivity index (χ4v) is 2.15. The highest BCUT2D eigenvalue weighted by molar-refractivity contribution is 5.14. The summed E-state index contributed by atoms with van der Waals surface area (Å²) >= 11 is 0. The van der Waals surface area contributed by atoms with E-state index < -0.39 is 11.9 Å².